The molecule has 0 atom stereocenters. The van der Waals surface area contributed by atoms with Crippen LogP contribution in [0.25, 0.3) is 11.0 Å². The zero-order valence-electron chi connectivity index (χ0n) is 14.1. The van der Waals surface area contributed by atoms with Gasteiger partial charge in [0.2, 0.25) is 5.91 Å². The highest BCUT2D eigenvalue weighted by molar-refractivity contribution is 7.17. The molecule has 2 aromatic heterocycles. The number of anilines is 1. The lowest BCUT2D eigenvalue weighted by Crippen LogP contribution is -2.16. The first-order valence-electron chi connectivity index (χ1n) is 8.25. The van der Waals surface area contributed by atoms with Gasteiger partial charge in [-0.25, -0.2) is 9.18 Å². The average Bonchev–Trinajstić information content (AvgIpc) is 3.29. The van der Waals surface area contributed by atoms with Gasteiger partial charge in [-0.15, -0.1) is 11.3 Å². The molecule has 0 radical (unpaired) electrons. The van der Waals surface area contributed by atoms with E-state index in [0.717, 1.165) is 29.7 Å². The summed E-state index contributed by atoms with van der Waals surface area (Å²) in [6.45, 7) is 0. The molecule has 1 aromatic carbocycles. The molecule has 3 aromatic rings. The number of halogens is 1. The van der Waals surface area contributed by atoms with E-state index >= 15 is 0 Å². The van der Waals surface area contributed by atoms with Crippen LogP contribution >= 0.6 is 11.3 Å². The van der Waals surface area contributed by atoms with Gasteiger partial charge in [0.15, 0.2) is 0 Å². The molecule has 0 fully saturated rings. The summed E-state index contributed by atoms with van der Waals surface area (Å²) < 4.78 is 23.7. The molecule has 4 rings (SSSR count). The third-order valence-electron chi connectivity index (χ3n) is 4.53. The van der Waals surface area contributed by atoms with Crippen LogP contribution in [-0.4, -0.2) is 19.0 Å². The molecule has 0 saturated heterocycles. The second-order valence-electron chi connectivity index (χ2n) is 6.18. The zero-order chi connectivity index (χ0) is 18.3. The first kappa shape index (κ1) is 16.8. The summed E-state index contributed by atoms with van der Waals surface area (Å²) in [7, 11) is 1.33. The summed E-state index contributed by atoms with van der Waals surface area (Å²) in [6.07, 6.45) is 4.22. The van der Waals surface area contributed by atoms with E-state index < -0.39 is 5.97 Å². The fraction of sp³-hybridized carbons (Fsp3) is 0.263. The minimum Gasteiger partial charge on any atom is -0.465 e. The minimum absolute atomic E-state index is 0.0274. The zero-order valence-corrected chi connectivity index (χ0v) is 14.9. The maximum atomic E-state index is 13.5. The Kier molecular flexibility index (Phi) is 4.24. The van der Waals surface area contributed by atoms with Crippen LogP contribution in [0.5, 0.6) is 0 Å². The van der Waals surface area contributed by atoms with Crippen LogP contribution in [0.1, 0.15) is 32.8 Å². The Bertz CT molecular complexity index is 1020. The number of amides is 1. The Balaban J connectivity index is 1.59. The van der Waals surface area contributed by atoms with Crippen molar-refractivity contribution in [3.63, 3.8) is 0 Å². The standard InChI is InChI=1S/C19H16FNO4S/c1-24-19(23)17-12-3-2-4-15(12)26-18(17)21-16(22)7-10-9-25-14-6-5-11(20)8-13(10)14/h5-6,8-9H,2-4,7H2,1H3,(H,21,22). The van der Waals surface area contributed by atoms with Crippen LogP contribution in [0.4, 0.5) is 9.39 Å². The Morgan fingerprint density at radius 3 is 3.00 bits per heavy atom. The number of carbonyl (C=O) groups is 2. The lowest BCUT2D eigenvalue weighted by Gasteiger charge is -2.06. The van der Waals surface area contributed by atoms with Crippen molar-refractivity contribution in [3.05, 3.63) is 51.8 Å². The van der Waals surface area contributed by atoms with Crippen LogP contribution in [0, 0.1) is 5.82 Å². The molecular weight excluding hydrogens is 357 g/mol. The number of aryl methyl sites for hydroxylation is 1. The molecule has 1 amide bonds. The van der Waals surface area contributed by atoms with E-state index in [4.69, 9.17) is 9.15 Å². The number of ether oxygens (including phenoxy) is 1. The molecule has 0 spiro atoms. The molecule has 7 heteroatoms. The fourth-order valence-electron chi connectivity index (χ4n) is 3.35. The van der Waals surface area contributed by atoms with Gasteiger partial charge in [0.1, 0.15) is 16.4 Å². The largest absolute Gasteiger partial charge is 0.465 e. The molecule has 1 N–H and O–H groups in total. The fourth-order valence-corrected chi connectivity index (χ4v) is 4.64. The van der Waals surface area contributed by atoms with E-state index in [1.54, 1.807) is 0 Å². The van der Waals surface area contributed by atoms with Gasteiger partial charge in [-0.05, 0) is 43.0 Å². The van der Waals surface area contributed by atoms with Gasteiger partial charge in [0, 0.05) is 15.8 Å². The van der Waals surface area contributed by atoms with Crippen molar-refractivity contribution in [1.29, 1.82) is 0 Å². The number of esters is 1. The minimum atomic E-state index is -0.435. The summed E-state index contributed by atoms with van der Waals surface area (Å²) in [6, 6.07) is 4.19. The summed E-state index contributed by atoms with van der Waals surface area (Å²) in [5, 5.41) is 3.91. The monoisotopic (exact) mass is 373 g/mol. The topological polar surface area (TPSA) is 68.5 Å². The van der Waals surface area contributed by atoms with Crippen molar-refractivity contribution in [1.82, 2.24) is 0 Å². The smallest absolute Gasteiger partial charge is 0.341 e. The van der Waals surface area contributed by atoms with Gasteiger partial charge in [-0.3, -0.25) is 4.79 Å². The molecule has 0 saturated carbocycles. The Morgan fingerprint density at radius 2 is 2.19 bits per heavy atom. The van der Waals surface area contributed by atoms with Crippen molar-refractivity contribution < 1.29 is 23.1 Å². The number of nitrogens with one attached hydrogen (secondary N) is 1. The Morgan fingerprint density at radius 1 is 1.35 bits per heavy atom. The number of furan rings is 1. The van der Waals surface area contributed by atoms with E-state index in [1.165, 1.54) is 42.9 Å². The van der Waals surface area contributed by atoms with E-state index in [9.17, 15) is 14.0 Å². The SMILES string of the molecule is COC(=O)c1c(NC(=O)Cc2coc3ccc(F)cc23)sc2c1CCC2. The van der Waals surface area contributed by atoms with Crippen LogP contribution in [-0.2, 0) is 28.8 Å². The van der Waals surface area contributed by atoms with Gasteiger partial charge >= 0.3 is 5.97 Å². The summed E-state index contributed by atoms with van der Waals surface area (Å²) in [4.78, 5) is 25.8. The van der Waals surface area contributed by atoms with Gasteiger partial charge in [-0.2, -0.15) is 0 Å². The lowest BCUT2D eigenvalue weighted by atomic mass is 10.1. The van der Waals surface area contributed by atoms with Crippen LogP contribution in [0.15, 0.2) is 28.9 Å². The quantitative estimate of drug-likeness (QED) is 0.700. The van der Waals surface area contributed by atoms with Gasteiger partial charge in [0.05, 0.1) is 25.4 Å². The predicted molar refractivity (Wildman–Crippen MR) is 96.2 cm³/mol. The maximum Gasteiger partial charge on any atom is 0.341 e. The van der Waals surface area contributed by atoms with Gasteiger partial charge < -0.3 is 14.5 Å². The number of hydrogen-bond donors (Lipinski definition) is 1. The van der Waals surface area contributed by atoms with Crippen molar-refractivity contribution in [3.8, 4) is 0 Å². The van der Waals surface area contributed by atoms with E-state index in [1.807, 2.05) is 0 Å². The van der Waals surface area contributed by atoms with Crippen LogP contribution in [0.3, 0.4) is 0 Å². The Labute approximate surface area is 152 Å². The molecular formula is C19H16FNO4S. The van der Waals surface area contributed by atoms with Crippen LogP contribution in [0.2, 0.25) is 0 Å². The van der Waals surface area contributed by atoms with Crippen molar-refractivity contribution in [2.75, 3.05) is 12.4 Å². The molecule has 134 valence electrons. The van der Waals surface area contributed by atoms with Crippen LogP contribution < -0.4 is 5.32 Å². The summed E-state index contributed by atoms with van der Waals surface area (Å²) in [5.41, 5.74) is 2.56. The number of rotatable bonds is 4. The lowest BCUT2D eigenvalue weighted by molar-refractivity contribution is -0.115. The number of hydrogen-bond acceptors (Lipinski definition) is 5. The van der Waals surface area contributed by atoms with Crippen molar-refractivity contribution >= 4 is 39.2 Å². The van der Waals surface area contributed by atoms with Gasteiger partial charge in [0.25, 0.3) is 0 Å². The van der Waals surface area contributed by atoms with E-state index in [2.05, 4.69) is 5.32 Å². The van der Waals surface area contributed by atoms with Gasteiger partial charge in [-0.1, -0.05) is 0 Å². The first-order chi connectivity index (χ1) is 12.6. The number of carbonyl (C=O) groups excluding carboxylic acids is 2. The number of benzene rings is 1. The number of thiophene rings is 1. The highest BCUT2D eigenvalue weighted by atomic mass is 32.1. The van der Waals surface area contributed by atoms with E-state index in [-0.39, 0.29) is 18.1 Å². The average molecular weight is 373 g/mol. The normalized spacial score (nSPS) is 13.0. The third kappa shape index (κ3) is 2.88. The number of methoxy groups -OCH3 is 1. The first-order valence-corrected chi connectivity index (χ1v) is 9.07. The Hall–Kier alpha value is -2.67. The number of fused-ring (bicyclic) bond motifs is 2. The molecule has 2 heterocycles. The summed E-state index contributed by atoms with van der Waals surface area (Å²) >= 11 is 1.42. The predicted octanol–water partition coefficient (Wildman–Crippen LogP) is 4.09. The molecule has 1 aliphatic carbocycles. The second kappa shape index (κ2) is 6.57. The second-order valence-corrected chi connectivity index (χ2v) is 7.28. The van der Waals surface area contributed by atoms with Crippen molar-refractivity contribution in [2.24, 2.45) is 0 Å². The summed E-state index contributed by atoms with van der Waals surface area (Å²) in [5.74, 6) is -1.11. The molecule has 0 unspecified atom stereocenters. The molecule has 26 heavy (non-hydrogen) atoms. The highest BCUT2D eigenvalue weighted by Gasteiger charge is 2.28. The maximum absolute atomic E-state index is 13.5. The molecule has 0 bridgehead atoms. The molecule has 1 aliphatic rings. The molecule has 0 aliphatic heterocycles. The molecule has 5 nitrogen and oxygen atoms in total. The third-order valence-corrected chi connectivity index (χ3v) is 5.74. The van der Waals surface area contributed by atoms with Crippen molar-refractivity contribution in [2.45, 2.75) is 25.7 Å². The van der Waals surface area contributed by atoms with E-state index in [0.29, 0.717) is 27.1 Å². The highest BCUT2D eigenvalue weighted by Crippen LogP contribution is 2.39.